The van der Waals surface area contributed by atoms with Crippen molar-refractivity contribution in [2.24, 2.45) is 0 Å². The van der Waals surface area contributed by atoms with Crippen LogP contribution in [0.1, 0.15) is 51.0 Å². The molecule has 1 fully saturated rings. The van der Waals surface area contributed by atoms with Gasteiger partial charge in [-0.25, -0.2) is 4.79 Å². The van der Waals surface area contributed by atoms with Crippen LogP contribution in [0, 0.1) is 0 Å². The molecule has 118 valence electrons. The van der Waals surface area contributed by atoms with Gasteiger partial charge >= 0.3 is 6.03 Å². The number of carbonyl (C=O) groups excluding carboxylic acids is 1. The van der Waals surface area contributed by atoms with Crippen molar-refractivity contribution < 1.29 is 14.1 Å². The maximum atomic E-state index is 12.1. The highest BCUT2D eigenvalue weighted by atomic mass is 16.5. The molecule has 0 unspecified atom stereocenters. The van der Waals surface area contributed by atoms with Gasteiger partial charge in [0.25, 0.3) is 0 Å². The first-order valence-electron chi connectivity index (χ1n) is 7.73. The van der Waals surface area contributed by atoms with Gasteiger partial charge in [-0.05, 0) is 19.8 Å². The minimum atomic E-state index is -0.0781. The monoisotopic (exact) mass is 295 g/mol. The van der Waals surface area contributed by atoms with Crippen molar-refractivity contribution in [3.8, 4) is 0 Å². The van der Waals surface area contributed by atoms with Crippen LogP contribution in [0.4, 0.5) is 4.79 Å². The summed E-state index contributed by atoms with van der Waals surface area (Å²) in [5.74, 6) is 1.13. The van der Waals surface area contributed by atoms with E-state index in [1.165, 1.54) is 0 Å². The van der Waals surface area contributed by atoms with E-state index < -0.39 is 0 Å². The van der Waals surface area contributed by atoms with E-state index in [0.29, 0.717) is 37.9 Å². The van der Waals surface area contributed by atoms with Crippen LogP contribution in [0.25, 0.3) is 0 Å². The maximum absolute atomic E-state index is 12.1. The van der Waals surface area contributed by atoms with Gasteiger partial charge in [-0.15, -0.1) is 0 Å². The topological polar surface area (TPSA) is 67.6 Å². The summed E-state index contributed by atoms with van der Waals surface area (Å²) >= 11 is 0. The number of carbonyl (C=O) groups is 1. The quantitative estimate of drug-likeness (QED) is 0.906. The summed E-state index contributed by atoms with van der Waals surface area (Å²) in [5.41, 5.74) is 0.976. The first kappa shape index (κ1) is 15.8. The van der Waals surface area contributed by atoms with Gasteiger partial charge in [0.1, 0.15) is 0 Å². The van der Waals surface area contributed by atoms with E-state index in [0.717, 1.165) is 18.5 Å². The van der Waals surface area contributed by atoms with Crippen molar-refractivity contribution in [2.75, 3.05) is 19.7 Å². The summed E-state index contributed by atoms with van der Waals surface area (Å²) < 4.78 is 10.7. The average Bonchev–Trinajstić information content (AvgIpc) is 2.95. The molecule has 1 N–H and O–H groups in total. The van der Waals surface area contributed by atoms with Crippen molar-refractivity contribution >= 4 is 6.03 Å². The van der Waals surface area contributed by atoms with Crippen LogP contribution < -0.4 is 5.32 Å². The Morgan fingerprint density at radius 2 is 2.29 bits per heavy atom. The van der Waals surface area contributed by atoms with Gasteiger partial charge in [-0.1, -0.05) is 19.0 Å². The Morgan fingerprint density at radius 1 is 1.52 bits per heavy atom. The summed E-state index contributed by atoms with van der Waals surface area (Å²) in [5, 5.41) is 6.98. The fraction of sp³-hybridized carbons (Fsp3) is 0.733. The lowest BCUT2D eigenvalue weighted by Crippen LogP contribution is -2.48. The number of nitrogens with one attached hydrogen (secondary N) is 1. The summed E-state index contributed by atoms with van der Waals surface area (Å²) in [7, 11) is 0. The Bertz CT molecular complexity index is 457. The summed E-state index contributed by atoms with van der Waals surface area (Å²) in [6, 6.07) is 1.87. The number of hydrogen-bond acceptors (Lipinski definition) is 4. The lowest BCUT2D eigenvalue weighted by Gasteiger charge is -2.31. The molecular formula is C15H25N3O3. The Balaban J connectivity index is 1.84. The molecule has 6 heteroatoms. The Kier molecular flexibility index (Phi) is 5.61. The molecule has 6 nitrogen and oxygen atoms in total. The molecule has 1 aliphatic heterocycles. The van der Waals surface area contributed by atoms with Gasteiger partial charge in [0.15, 0.2) is 5.76 Å². The number of urea groups is 1. The third kappa shape index (κ3) is 4.20. The predicted molar refractivity (Wildman–Crippen MR) is 79.0 cm³/mol. The summed E-state index contributed by atoms with van der Waals surface area (Å²) in [6.07, 6.45) is 2.18. The van der Waals surface area contributed by atoms with Crippen molar-refractivity contribution in [2.45, 2.75) is 52.2 Å². The van der Waals surface area contributed by atoms with E-state index in [2.05, 4.69) is 24.3 Å². The first-order valence-corrected chi connectivity index (χ1v) is 7.73. The molecule has 0 aliphatic carbocycles. The van der Waals surface area contributed by atoms with Crippen molar-refractivity contribution in [1.29, 1.82) is 0 Å². The number of aromatic nitrogens is 1. The van der Waals surface area contributed by atoms with E-state index >= 15 is 0 Å². The van der Waals surface area contributed by atoms with Crippen molar-refractivity contribution in [3.05, 3.63) is 17.5 Å². The highest BCUT2D eigenvalue weighted by Gasteiger charge is 2.21. The maximum Gasteiger partial charge on any atom is 0.317 e. The summed E-state index contributed by atoms with van der Waals surface area (Å²) in [4.78, 5) is 13.8. The largest absolute Gasteiger partial charge is 0.375 e. The molecule has 0 bridgehead atoms. The zero-order valence-electron chi connectivity index (χ0n) is 13.1. The molecule has 1 atom stereocenters. The SMILES string of the molecule is CCC(CC)c1cc(CNC(=O)N2CCO[C@@H](C)C2)on1. The van der Waals surface area contributed by atoms with E-state index in [9.17, 15) is 4.79 Å². The molecule has 0 saturated carbocycles. The minimum Gasteiger partial charge on any atom is -0.375 e. The Labute approximate surface area is 125 Å². The first-order chi connectivity index (χ1) is 10.1. The predicted octanol–water partition coefficient (Wildman–Crippen LogP) is 2.51. The second kappa shape index (κ2) is 7.45. The molecule has 1 saturated heterocycles. The van der Waals surface area contributed by atoms with Crippen LogP contribution in [-0.2, 0) is 11.3 Å². The fourth-order valence-corrected chi connectivity index (χ4v) is 2.59. The van der Waals surface area contributed by atoms with E-state index in [1.54, 1.807) is 4.90 Å². The van der Waals surface area contributed by atoms with Crippen LogP contribution in [0.5, 0.6) is 0 Å². The lowest BCUT2D eigenvalue weighted by atomic mass is 9.99. The second-order valence-electron chi connectivity index (χ2n) is 5.52. The zero-order valence-corrected chi connectivity index (χ0v) is 13.1. The van der Waals surface area contributed by atoms with E-state index in [4.69, 9.17) is 9.26 Å². The van der Waals surface area contributed by atoms with Crippen molar-refractivity contribution in [1.82, 2.24) is 15.4 Å². The molecule has 0 spiro atoms. The molecule has 21 heavy (non-hydrogen) atoms. The molecule has 2 rings (SSSR count). The Morgan fingerprint density at radius 3 is 2.95 bits per heavy atom. The second-order valence-corrected chi connectivity index (χ2v) is 5.52. The van der Waals surface area contributed by atoms with Gasteiger partial charge in [-0.3, -0.25) is 0 Å². The van der Waals surface area contributed by atoms with Gasteiger partial charge in [-0.2, -0.15) is 0 Å². The molecule has 1 aliphatic rings. The minimum absolute atomic E-state index is 0.0781. The van der Waals surface area contributed by atoms with Crippen LogP contribution in [0.15, 0.2) is 10.6 Å². The molecular weight excluding hydrogens is 270 g/mol. The van der Waals surface area contributed by atoms with Crippen LogP contribution in [0.3, 0.4) is 0 Å². The number of nitrogens with zero attached hydrogens (tertiary/aromatic N) is 2. The smallest absolute Gasteiger partial charge is 0.317 e. The number of amides is 2. The average molecular weight is 295 g/mol. The van der Waals surface area contributed by atoms with Crippen LogP contribution >= 0.6 is 0 Å². The molecule has 0 radical (unpaired) electrons. The third-order valence-corrected chi connectivity index (χ3v) is 3.92. The van der Waals surface area contributed by atoms with Gasteiger partial charge in [0.2, 0.25) is 0 Å². The molecule has 1 aromatic heterocycles. The van der Waals surface area contributed by atoms with Gasteiger partial charge < -0.3 is 19.5 Å². The molecule has 2 amide bonds. The zero-order chi connectivity index (χ0) is 15.2. The van der Waals surface area contributed by atoms with Gasteiger partial charge in [0, 0.05) is 25.1 Å². The van der Waals surface area contributed by atoms with Gasteiger partial charge in [0.05, 0.1) is 24.9 Å². The van der Waals surface area contributed by atoms with Crippen molar-refractivity contribution in [3.63, 3.8) is 0 Å². The molecule has 2 heterocycles. The highest BCUT2D eigenvalue weighted by Crippen LogP contribution is 2.22. The standard InChI is InChI=1S/C15H25N3O3/c1-4-12(5-2)14-8-13(21-17-14)9-16-15(19)18-6-7-20-11(3)10-18/h8,11-12H,4-7,9-10H2,1-3H3,(H,16,19)/t11-/m0/s1. The number of ether oxygens (including phenoxy) is 1. The van der Waals surface area contributed by atoms with Crippen LogP contribution in [0.2, 0.25) is 0 Å². The fourth-order valence-electron chi connectivity index (χ4n) is 2.59. The van der Waals surface area contributed by atoms with E-state index in [1.807, 2.05) is 13.0 Å². The highest BCUT2D eigenvalue weighted by molar-refractivity contribution is 5.74. The number of morpholine rings is 1. The Hall–Kier alpha value is -1.56. The van der Waals surface area contributed by atoms with E-state index in [-0.39, 0.29) is 12.1 Å². The number of rotatable bonds is 5. The number of hydrogen-bond donors (Lipinski definition) is 1. The molecule has 1 aromatic rings. The van der Waals surface area contributed by atoms with Crippen LogP contribution in [-0.4, -0.2) is 41.9 Å². The lowest BCUT2D eigenvalue weighted by molar-refractivity contribution is -0.00358. The normalized spacial score (nSPS) is 19.0. The summed E-state index contributed by atoms with van der Waals surface area (Å²) in [6.45, 7) is 8.48. The molecule has 0 aromatic carbocycles. The third-order valence-electron chi connectivity index (χ3n) is 3.92.